The van der Waals surface area contributed by atoms with Gasteiger partial charge in [-0.15, -0.1) is 0 Å². The monoisotopic (exact) mass is 410 g/mol. The van der Waals surface area contributed by atoms with Gasteiger partial charge in [0.25, 0.3) is 5.91 Å². The molecule has 7 nitrogen and oxygen atoms in total. The predicted molar refractivity (Wildman–Crippen MR) is 102 cm³/mol. The molecule has 148 valence electrons. The molecule has 0 aromatic heterocycles. The van der Waals surface area contributed by atoms with Crippen molar-refractivity contribution in [1.82, 2.24) is 0 Å². The van der Waals surface area contributed by atoms with Crippen LogP contribution in [-0.2, 0) is 14.4 Å². The lowest BCUT2D eigenvalue weighted by Gasteiger charge is -2.12. The number of anilines is 2. The summed E-state index contributed by atoms with van der Waals surface area (Å²) >= 11 is 5.93. The number of hydrogen-bond acceptors (Lipinski definition) is 4. The van der Waals surface area contributed by atoms with E-state index < -0.39 is 29.6 Å². The average Bonchev–Trinajstić information content (AvgIpc) is 2.64. The van der Waals surface area contributed by atoms with Crippen LogP contribution in [0.1, 0.15) is 13.3 Å². The number of nitrogens with zero attached hydrogens (tertiary/aromatic N) is 1. The van der Waals surface area contributed by atoms with Crippen molar-refractivity contribution in [1.29, 1.82) is 0 Å². The first-order valence-electron chi connectivity index (χ1n) is 8.04. The van der Waals surface area contributed by atoms with Crippen molar-refractivity contribution < 1.29 is 23.2 Å². The Balaban J connectivity index is 1.87. The molecular formula is C18H17ClF2N4O3. The molecule has 1 unspecified atom stereocenters. The van der Waals surface area contributed by atoms with Gasteiger partial charge in [-0.3, -0.25) is 9.59 Å². The molecule has 1 atom stereocenters. The molecule has 0 bridgehead atoms. The van der Waals surface area contributed by atoms with E-state index in [2.05, 4.69) is 15.8 Å². The van der Waals surface area contributed by atoms with Gasteiger partial charge >= 0.3 is 0 Å². The van der Waals surface area contributed by atoms with Gasteiger partial charge in [-0.2, -0.15) is 0 Å². The summed E-state index contributed by atoms with van der Waals surface area (Å²) in [5.41, 5.74) is 5.67. The Kier molecular flexibility index (Phi) is 7.28. The van der Waals surface area contributed by atoms with Crippen LogP contribution in [0.3, 0.4) is 0 Å². The molecule has 2 amide bonds. The van der Waals surface area contributed by atoms with Crippen molar-refractivity contribution in [3.63, 3.8) is 0 Å². The minimum atomic E-state index is -1.17. The molecule has 0 saturated heterocycles. The first kappa shape index (κ1) is 21.1. The molecule has 10 heteroatoms. The molecule has 2 aromatic carbocycles. The second-order valence-corrected chi connectivity index (χ2v) is 6.06. The number of nitrogens with one attached hydrogen (secondary N) is 2. The molecule has 0 aliphatic heterocycles. The Labute approximate surface area is 164 Å². The highest BCUT2D eigenvalue weighted by Gasteiger charge is 2.17. The van der Waals surface area contributed by atoms with E-state index >= 15 is 0 Å². The number of benzene rings is 2. The molecule has 0 aliphatic rings. The molecular weight excluding hydrogens is 394 g/mol. The third-order valence-corrected chi connectivity index (χ3v) is 3.70. The predicted octanol–water partition coefficient (Wildman–Crippen LogP) is 3.26. The van der Waals surface area contributed by atoms with Gasteiger partial charge in [0.15, 0.2) is 0 Å². The smallest absolute Gasteiger partial charge is 0.268 e. The van der Waals surface area contributed by atoms with Crippen molar-refractivity contribution in [2.75, 3.05) is 10.6 Å². The molecule has 4 N–H and O–H groups in total. The maximum absolute atomic E-state index is 13.5. The van der Waals surface area contributed by atoms with Crippen LogP contribution < -0.4 is 16.4 Å². The molecule has 0 radical (unpaired) electrons. The fourth-order valence-corrected chi connectivity index (χ4v) is 2.16. The third kappa shape index (κ3) is 6.20. The maximum Gasteiger partial charge on any atom is 0.268 e. The summed E-state index contributed by atoms with van der Waals surface area (Å²) in [6.07, 6.45) is -1.48. The number of nitrogens with two attached hydrogens (primary N) is 1. The fraction of sp³-hybridized carbons (Fsp3) is 0.167. The van der Waals surface area contributed by atoms with Gasteiger partial charge in [0, 0.05) is 6.07 Å². The van der Waals surface area contributed by atoms with Gasteiger partial charge in [0.1, 0.15) is 17.5 Å². The lowest BCUT2D eigenvalue weighted by molar-refractivity contribution is -0.126. The molecule has 0 saturated carbocycles. The number of halogens is 3. The molecule has 2 aromatic rings. The van der Waals surface area contributed by atoms with Crippen LogP contribution in [0.15, 0.2) is 47.6 Å². The number of carbonyl (C=O) groups is 2. The zero-order valence-corrected chi connectivity index (χ0v) is 15.5. The van der Waals surface area contributed by atoms with E-state index in [0.717, 1.165) is 18.2 Å². The van der Waals surface area contributed by atoms with E-state index in [1.165, 1.54) is 6.92 Å². The van der Waals surface area contributed by atoms with E-state index in [9.17, 15) is 18.4 Å². The van der Waals surface area contributed by atoms with E-state index in [0.29, 0.717) is 10.7 Å². The van der Waals surface area contributed by atoms with Crippen molar-refractivity contribution in [2.45, 2.75) is 19.4 Å². The lowest BCUT2D eigenvalue weighted by atomic mass is 10.2. The van der Waals surface area contributed by atoms with Gasteiger partial charge < -0.3 is 21.2 Å². The van der Waals surface area contributed by atoms with Crippen LogP contribution in [0.4, 0.5) is 20.2 Å². The van der Waals surface area contributed by atoms with Gasteiger partial charge in [-0.1, -0.05) is 28.9 Å². The molecule has 0 fully saturated rings. The van der Waals surface area contributed by atoms with Crippen LogP contribution >= 0.6 is 11.6 Å². The van der Waals surface area contributed by atoms with Gasteiger partial charge in [0.2, 0.25) is 12.0 Å². The number of rotatable bonds is 7. The van der Waals surface area contributed by atoms with E-state index in [4.69, 9.17) is 22.2 Å². The Morgan fingerprint density at radius 3 is 2.61 bits per heavy atom. The van der Waals surface area contributed by atoms with Gasteiger partial charge in [-0.05, 0) is 31.2 Å². The van der Waals surface area contributed by atoms with Crippen LogP contribution in [0.2, 0.25) is 5.02 Å². The minimum absolute atomic E-state index is 0.193. The highest BCUT2D eigenvalue weighted by Crippen LogP contribution is 2.20. The Bertz CT molecular complexity index is 908. The quantitative estimate of drug-likeness (QED) is 0.370. The Hall–Kier alpha value is -3.20. The number of amidine groups is 1. The Morgan fingerprint density at radius 1 is 1.18 bits per heavy atom. The molecule has 28 heavy (non-hydrogen) atoms. The SMILES string of the molecule is CC(O/N=C(/N)CC(=O)Nc1ccccc1Cl)C(=O)Nc1cc(F)ccc1F. The summed E-state index contributed by atoms with van der Waals surface area (Å²) < 4.78 is 26.7. The second-order valence-electron chi connectivity index (χ2n) is 5.65. The first-order valence-corrected chi connectivity index (χ1v) is 8.42. The topological polar surface area (TPSA) is 106 Å². The highest BCUT2D eigenvalue weighted by atomic mass is 35.5. The molecule has 2 rings (SSSR count). The zero-order chi connectivity index (χ0) is 20.7. The number of oxime groups is 1. The van der Waals surface area contributed by atoms with E-state index in [-0.39, 0.29) is 17.9 Å². The number of carbonyl (C=O) groups excluding carboxylic acids is 2. The van der Waals surface area contributed by atoms with Crippen molar-refractivity contribution in [3.05, 3.63) is 59.1 Å². The summed E-state index contributed by atoms with van der Waals surface area (Å²) in [4.78, 5) is 28.8. The van der Waals surface area contributed by atoms with Crippen LogP contribution in [0.25, 0.3) is 0 Å². The largest absolute Gasteiger partial charge is 0.384 e. The standard InChI is InChI=1S/C18H17ClF2N4O3/c1-10(18(27)24-15-8-11(20)6-7-13(15)21)28-25-16(22)9-17(26)23-14-5-3-2-4-12(14)19/h2-8,10H,9H2,1H3,(H2,22,25)(H,23,26)(H,24,27). The number of amides is 2. The van der Waals surface area contributed by atoms with Gasteiger partial charge in [0.05, 0.1) is 22.8 Å². The van der Waals surface area contributed by atoms with Crippen molar-refractivity contribution in [3.8, 4) is 0 Å². The lowest BCUT2D eigenvalue weighted by Crippen LogP contribution is -2.28. The summed E-state index contributed by atoms with van der Waals surface area (Å²) in [5, 5.41) is 8.58. The summed E-state index contributed by atoms with van der Waals surface area (Å²) in [6, 6.07) is 9.26. The van der Waals surface area contributed by atoms with Crippen LogP contribution in [0.5, 0.6) is 0 Å². The summed E-state index contributed by atoms with van der Waals surface area (Å²) in [7, 11) is 0. The number of hydrogen-bond donors (Lipinski definition) is 3. The summed E-state index contributed by atoms with van der Waals surface area (Å²) in [5.74, 6) is -2.97. The minimum Gasteiger partial charge on any atom is -0.384 e. The van der Waals surface area contributed by atoms with Crippen LogP contribution in [-0.4, -0.2) is 23.8 Å². The van der Waals surface area contributed by atoms with Gasteiger partial charge in [-0.25, -0.2) is 8.78 Å². The summed E-state index contributed by atoms with van der Waals surface area (Å²) in [6.45, 7) is 1.33. The van der Waals surface area contributed by atoms with Crippen LogP contribution in [0, 0.1) is 11.6 Å². The number of para-hydroxylation sites is 1. The second kappa shape index (κ2) is 9.65. The fourth-order valence-electron chi connectivity index (χ4n) is 1.98. The van der Waals surface area contributed by atoms with Crippen molar-refractivity contribution in [2.24, 2.45) is 10.9 Å². The molecule has 0 spiro atoms. The zero-order valence-electron chi connectivity index (χ0n) is 14.7. The Morgan fingerprint density at radius 2 is 1.89 bits per heavy atom. The molecule has 0 aliphatic carbocycles. The van der Waals surface area contributed by atoms with Crippen molar-refractivity contribution >= 4 is 40.6 Å². The maximum atomic E-state index is 13.5. The molecule has 0 heterocycles. The third-order valence-electron chi connectivity index (χ3n) is 3.37. The normalized spacial score (nSPS) is 12.2. The highest BCUT2D eigenvalue weighted by molar-refractivity contribution is 6.33. The first-order chi connectivity index (χ1) is 13.3. The van der Waals surface area contributed by atoms with E-state index in [1.807, 2.05) is 0 Å². The average molecular weight is 411 g/mol. The van der Waals surface area contributed by atoms with E-state index in [1.54, 1.807) is 24.3 Å².